The average molecular weight is 507 g/mol. The summed E-state index contributed by atoms with van der Waals surface area (Å²) in [4.78, 5) is 18.7. The number of ether oxygens (including phenoxy) is 1. The second kappa shape index (κ2) is 13.8. The molecule has 0 aliphatic carbocycles. The summed E-state index contributed by atoms with van der Waals surface area (Å²) in [5, 5.41) is 9.23. The van der Waals surface area contributed by atoms with E-state index < -0.39 is 0 Å². The van der Waals surface area contributed by atoms with Crippen molar-refractivity contribution in [3.05, 3.63) is 24.2 Å². The van der Waals surface area contributed by atoms with E-state index >= 15 is 0 Å². The van der Waals surface area contributed by atoms with Gasteiger partial charge in [0.05, 0.1) is 32.6 Å². The maximum atomic E-state index is 12.0. The smallest absolute Gasteiger partial charge is 0.239 e. The first-order valence-electron chi connectivity index (χ1n) is 9.64. The Morgan fingerprint density at radius 3 is 2.61 bits per heavy atom. The lowest BCUT2D eigenvalue weighted by atomic mass is 10.0. The lowest BCUT2D eigenvalue weighted by Crippen LogP contribution is -2.51. The van der Waals surface area contributed by atoms with Crippen molar-refractivity contribution in [2.24, 2.45) is 10.9 Å². The van der Waals surface area contributed by atoms with Gasteiger partial charge < -0.3 is 25.1 Å². The molecule has 1 fully saturated rings. The van der Waals surface area contributed by atoms with Crippen LogP contribution in [0.1, 0.15) is 26.0 Å². The molecule has 2 heterocycles. The molecule has 28 heavy (non-hydrogen) atoms. The van der Waals surface area contributed by atoms with E-state index in [4.69, 9.17) is 9.15 Å². The van der Waals surface area contributed by atoms with Gasteiger partial charge >= 0.3 is 0 Å². The van der Waals surface area contributed by atoms with E-state index in [9.17, 15) is 4.79 Å². The third-order valence-corrected chi connectivity index (χ3v) is 4.49. The number of halogens is 1. The van der Waals surface area contributed by atoms with Gasteiger partial charge in [0, 0.05) is 32.7 Å². The molecule has 8 nitrogen and oxygen atoms in total. The van der Waals surface area contributed by atoms with Crippen molar-refractivity contribution in [3.63, 3.8) is 0 Å². The van der Waals surface area contributed by atoms with E-state index in [1.165, 1.54) is 0 Å². The van der Waals surface area contributed by atoms with Crippen molar-refractivity contribution in [2.45, 2.75) is 32.9 Å². The minimum atomic E-state index is -0.110. The average Bonchev–Trinajstić information content (AvgIpc) is 3.19. The van der Waals surface area contributed by atoms with Crippen LogP contribution < -0.4 is 16.0 Å². The van der Waals surface area contributed by atoms with Gasteiger partial charge in [-0.3, -0.25) is 14.7 Å². The minimum absolute atomic E-state index is 0. The number of morpholine rings is 1. The number of carbonyl (C=O) groups excluding carboxylic acids is 1. The Labute approximate surface area is 184 Å². The summed E-state index contributed by atoms with van der Waals surface area (Å²) in [6, 6.07) is 4.04. The third kappa shape index (κ3) is 9.24. The molecule has 1 aliphatic heterocycles. The molecule has 1 unspecified atom stereocenters. The van der Waals surface area contributed by atoms with Crippen LogP contribution in [0.5, 0.6) is 0 Å². The van der Waals surface area contributed by atoms with Crippen molar-refractivity contribution < 1.29 is 13.9 Å². The molecule has 1 atom stereocenters. The number of rotatable bonds is 9. The summed E-state index contributed by atoms with van der Waals surface area (Å²) in [5.41, 5.74) is 0. The molecule has 0 aromatic carbocycles. The van der Waals surface area contributed by atoms with Gasteiger partial charge in [0.25, 0.3) is 0 Å². The van der Waals surface area contributed by atoms with E-state index in [-0.39, 0.29) is 36.4 Å². The van der Waals surface area contributed by atoms with Crippen molar-refractivity contribution in [1.82, 2.24) is 20.9 Å². The molecular weight excluding hydrogens is 473 g/mol. The minimum Gasteiger partial charge on any atom is -0.467 e. The molecule has 1 saturated heterocycles. The lowest BCUT2D eigenvalue weighted by molar-refractivity contribution is -0.120. The summed E-state index contributed by atoms with van der Waals surface area (Å²) in [7, 11) is 1.71. The molecule has 1 amide bonds. The topological polar surface area (TPSA) is 91.1 Å². The summed E-state index contributed by atoms with van der Waals surface area (Å²) in [6.07, 6.45) is 2.70. The number of amides is 1. The fourth-order valence-corrected chi connectivity index (χ4v) is 3.11. The standard InChI is InChI=1S/C19H33N5O3.HI/c1-15(2)11-16(24-6-9-26-10-7-24)12-22-19(20-3)23-14-18(25)21-13-17-5-4-8-27-17;/h4-5,8,15-16H,6-7,9-14H2,1-3H3,(H,21,25)(H2,20,22,23);1H. The van der Waals surface area contributed by atoms with Gasteiger partial charge in [0.2, 0.25) is 5.91 Å². The van der Waals surface area contributed by atoms with E-state index in [0.717, 1.165) is 45.0 Å². The number of guanidine groups is 1. The highest BCUT2D eigenvalue weighted by atomic mass is 127. The maximum Gasteiger partial charge on any atom is 0.239 e. The van der Waals surface area contributed by atoms with Crippen LogP contribution >= 0.6 is 24.0 Å². The zero-order valence-electron chi connectivity index (χ0n) is 17.1. The van der Waals surface area contributed by atoms with Crippen LogP contribution in [0.4, 0.5) is 0 Å². The normalized spacial score (nSPS) is 16.4. The second-order valence-electron chi connectivity index (χ2n) is 7.09. The SMILES string of the molecule is CN=C(NCC(=O)NCc1ccco1)NCC(CC(C)C)N1CCOCC1.I. The van der Waals surface area contributed by atoms with Crippen LogP contribution in [-0.4, -0.2) is 69.2 Å². The lowest BCUT2D eigenvalue weighted by Gasteiger charge is -2.35. The molecule has 0 saturated carbocycles. The Balaban J connectivity index is 0.00000392. The third-order valence-electron chi connectivity index (χ3n) is 4.49. The number of hydrogen-bond donors (Lipinski definition) is 3. The zero-order chi connectivity index (χ0) is 19.5. The number of hydrogen-bond acceptors (Lipinski definition) is 5. The highest BCUT2D eigenvalue weighted by Crippen LogP contribution is 2.12. The Hall–Kier alpha value is -1.33. The Morgan fingerprint density at radius 1 is 1.25 bits per heavy atom. The largest absolute Gasteiger partial charge is 0.467 e. The molecule has 2 rings (SSSR count). The van der Waals surface area contributed by atoms with Gasteiger partial charge in [0.15, 0.2) is 5.96 Å². The van der Waals surface area contributed by atoms with Crippen molar-refractivity contribution in [3.8, 4) is 0 Å². The summed E-state index contributed by atoms with van der Waals surface area (Å²) < 4.78 is 10.7. The molecule has 0 spiro atoms. The summed E-state index contributed by atoms with van der Waals surface area (Å²) in [6.45, 7) is 9.30. The highest BCUT2D eigenvalue weighted by Gasteiger charge is 2.22. The predicted molar refractivity (Wildman–Crippen MR) is 121 cm³/mol. The molecule has 1 aromatic heterocycles. The van der Waals surface area contributed by atoms with E-state index in [0.29, 0.717) is 24.5 Å². The number of aliphatic imine (C=N–C) groups is 1. The van der Waals surface area contributed by atoms with Crippen molar-refractivity contribution in [2.75, 3.05) is 46.4 Å². The maximum absolute atomic E-state index is 12.0. The predicted octanol–water partition coefficient (Wildman–Crippen LogP) is 1.43. The summed E-state index contributed by atoms with van der Waals surface area (Å²) >= 11 is 0. The molecule has 0 radical (unpaired) electrons. The van der Waals surface area contributed by atoms with Crippen LogP contribution in [0.25, 0.3) is 0 Å². The van der Waals surface area contributed by atoms with Gasteiger partial charge in [-0.25, -0.2) is 0 Å². The second-order valence-corrected chi connectivity index (χ2v) is 7.09. The molecule has 1 aromatic rings. The number of nitrogens with zero attached hydrogens (tertiary/aromatic N) is 2. The highest BCUT2D eigenvalue weighted by molar-refractivity contribution is 14.0. The van der Waals surface area contributed by atoms with Gasteiger partial charge in [0.1, 0.15) is 5.76 Å². The molecule has 9 heteroatoms. The fraction of sp³-hybridized carbons (Fsp3) is 0.684. The molecule has 0 bridgehead atoms. The summed E-state index contributed by atoms with van der Waals surface area (Å²) in [5.74, 6) is 1.86. The quantitative estimate of drug-likeness (QED) is 0.266. The molecule has 160 valence electrons. The van der Waals surface area contributed by atoms with Crippen LogP contribution in [0.3, 0.4) is 0 Å². The van der Waals surface area contributed by atoms with Crippen LogP contribution in [0, 0.1) is 5.92 Å². The van der Waals surface area contributed by atoms with Gasteiger partial charge in [-0.2, -0.15) is 0 Å². The molecule has 3 N–H and O–H groups in total. The molecular formula is C19H34IN5O3. The number of nitrogens with one attached hydrogen (secondary N) is 3. The van der Waals surface area contributed by atoms with Crippen LogP contribution in [0.2, 0.25) is 0 Å². The Kier molecular flexibility index (Phi) is 12.2. The van der Waals surface area contributed by atoms with E-state index in [2.05, 4.69) is 39.7 Å². The molecule has 1 aliphatic rings. The van der Waals surface area contributed by atoms with Crippen molar-refractivity contribution >= 4 is 35.8 Å². The van der Waals surface area contributed by atoms with Crippen LogP contribution in [0.15, 0.2) is 27.8 Å². The van der Waals surface area contributed by atoms with Crippen LogP contribution in [-0.2, 0) is 16.1 Å². The van der Waals surface area contributed by atoms with E-state index in [1.54, 1.807) is 19.4 Å². The van der Waals surface area contributed by atoms with Crippen molar-refractivity contribution in [1.29, 1.82) is 0 Å². The Morgan fingerprint density at radius 2 is 2.00 bits per heavy atom. The first-order chi connectivity index (χ1) is 13.1. The van der Waals surface area contributed by atoms with Gasteiger partial charge in [-0.15, -0.1) is 24.0 Å². The van der Waals surface area contributed by atoms with Gasteiger partial charge in [-0.05, 0) is 24.5 Å². The zero-order valence-corrected chi connectivity index (χ0v) is 19.4. The van der Waals surface area contributed by atoms with Gasteiger partial charge in [-0.1, -0.05) is 13.8 Å². The fourth-order valence-electron chi connectivity index (χ4n) is 3.11. The monoisotopic (exact) mass is 507 g/mol. The number of carbonyl (C=O) groups is 1. The Bertz CT molecular complexity index is 574. The first kappa shape index (κ1) is 24.7. The number of furan rings is 1. The first-order valence-corrected chi connectivity index (χ1v) is 9.64. The van der Waals surface area contributed by atoms with E-state index in [1.807, 2.05) is 6.07 Å².